The minimum atomic E-state index is 0.335. The largest absolute Gasteiger partial charge is 0.381 e. The molecule has 0 radical (unpaired) electrons. The fraction of sp³-hybridized carbons (Fsp3) is 0.571. The van der Waals surface area contributed by atoms with E-state index in [4.69, 9.17) is 27.9 Å². The Bertz CT molecular complexity index is 409. The maximum Gasteiger partial charge on any atom is 0.0652 e. The van der Waals surface area contributed by atoms with E-state index in [1.54, 1.807) is 6.07 Å². The van der Waals surface area contributed by atoms with Crippen LogP contribution >= 0.6 is 23.2 Å². The van der Waals surface area contributed by atoms with Crippen LogP contribution in [0.4, 0.5) is 5.69 Å². The molecule has 1 heterocycles. The van der Waals surface area contributed by atoms with Crippen molar-refractivity contribution in [2.45, 2.75) is 38.8 Å². The molecule has 2 nitrogen and oxygen atoms in total. The maximum absolute atomic E-state index is 6.17. The molecular formula is C14H19Cl2NO. The predicted octanol–water partition coefficient (Wildman–Crippen LogP) is 4.61. The fourth-order valence-corrected chi connectivity index (χ4v) is 2.71. The van der Waals surface area contributed by atoms with Crippen molar-refractivity contribution >= 4 is 28.9 Å². The molecule has 0 bridgehead atoms. The van der Waals surface area contributed by atoms with Gasteiger partial charge in [-0.1, -0.05) is 37.0 Å². The zero-order valence-electron chi connectivity index (χ0n) is 10.7. The topological polar surface area (TPSA) is 21.3 Å². The van der Waals surface area contributed by atoms with Crippen LogP contribution in [0.5, 0.6) is 0 Å². The Morgan fingerprint density at radius 1 is 1.33 bits per heavy atom. The molecule has 2 unspecified atom stereocenters. The van der Waals surface area contributed by atoms with Crippen LogP contribution < -0.4 is 5.32 Å². The molecule has 0 saturated carbocycles. The average Bonchev–Trinajstić information content (AvgIpc) is 2.33. The lowest BCUT2D eigenvalue weighted by atomic mass is 9.95. The first-order chi connectivity index (χ1) is 8.56. The van der Waals surface area contributed by atoms with E-state index in [0.29, 0.717) is 28.1 Å². The van der Waals surface area contributed by atoms with Crippen molar-refractivity contribution < 1.29 is 4.74 Å². The Morgan fingerprint density at radius 2 is 2.11 bits per heavy atom. The van der Waals surface area contributed by atoms with Crippen molar-refractivity contribution in [2.24, 2.45) is 5.92 Å². The number of nitrogens with one attached hydrogen (secondary N) is 1. The molecule has 2 rings (SSSR count). The lowest BCUT2D eigenvalue weighted by molar-refractivity contribution is -0.0160. The number of hydrogen-bond donors (Lipinski definition) is 1. The van der Waals surface area contributed by atoms with Gasteiger partial charge in [0.2, 0.25) is 0 Å². The van der Waals surface area contributed by atoms with Crippen LogP contribution in [0.3, 0.4) is 0 Å². The van der Waals surface area contributed by atoms with Crippen molar-refractivity contribution in [1.82, 2.24) is 0 Å². The Morgan fingerprint density at radius 3 is 2.78 bits per heavy atom. The molecule has 0 amide bonds. The highest BCUT2D eigenvalue weighted by atomic mass is 35.5. The van der Waals surface area contributed by atoms with Gasteiger partial charge in [0, 0.05) is 17.7 Å². The number of hydrogen-bond acceptors (Lipinski definition) is 2. The minimum absolute atomic E-state index is 0.335. The SMILES string of the molecule is CC(C)C1CC(Nc2ccc(Cl)cc2Cl)CCO1. The van der Waals surface area contributed by atoms with E-state index in [-0.39, 0.29) is 0 Å². The molecule has 0 aromatic heterocycles. The molecule has 1 aliphatic rings. The summed E-state index contributed by atoms with van der Waals surface area (Å²) in [5.41, 5.74) is 0.954. The van der Waals surface area contributed by atoms with Gasteiger partial charge in [-0.2, -0.15) is 0 Å². The molecule has 1 fully saturated rings. The highest BCUT2D eigenvalue weighted by Gasteiger charge is 2.25. The molecule has 1 aromatic carbocycles. The molecule has 1 saturated heterocycles. The standard InChI is InChI=1S/C14H19Cl2NO/c1-9(2)14-8-11(5-6-18-14)17-13-4-3-10(15)7-12(13)16/h3-4,7,9,11,14,17H,5-6,8H2,1-2H3. The first kappa shape index (κ1) is 14.0. The van der Waals surface area contributed by atoms with Crippen molar-refractivity contribution in [3.8, 4) is 0 Å². The summed E-state index contributed by atoms with van der Waals surface area (Å²) in [5.74, 6) is 0.551. The number of anilines is 1. The van der Waals surface area contributed by atoms with Gasteiger partial charge in [0.15, 0.2) is 0 Å². The van der Waals surface area contributed by atoms with Gasteiger partial charge in [-0.3, -0.25) is 0 Å². The van der Waals surface area contributed by atoms with Crippen molar-refractivity contribution in [2.75, 3.05) is 11.9 Å². The number of rotatable bonds is 3. The third-order valence-electron chi connectivity index (χ3n) is 3.35. The molecule has 18 heavy (non-hydrogen) atoms. The van der Waals surface area contributed by atoms with Gasteiger partial charge in [0.1, 0.15) is 0 Å². The summed E-state index contributed by atoms with van der Waals surface area (Å²) in [4.78, 5) is 0. The van der Waals surface area contributed by atoms with E-state index in [9.17, 15) is 0 Å². The van der Waals surface area contributed by atoms with E-state index >= 15 is 0 Å². The van der Waals surface area contributed by atoms with Crippen LogP contribution in [-0.4, -0.2) is 18.8 Å². The summed E-state index contributed by atoms with van der Waals surface area (Å²) in [6.45, 7) is 5.20. The van der Waals surface area contributed by atoms with Gasteiger partial charge in [-0.25, -0.2) is 0 Å². The Kier molecular flexibility index (Phi) is 4.77. The molecular weight excluding hydrogens is 269 g/mol. The Labute approximate surface area is 119 Å². The predicted molar refractivity (Wildman–Crippen MR) is 77.7 cm³/mol. The Balaban J connectivity index is 2.00. The van der Waals surface area contributed by atoms with Crippen LogP contribution in [0.1, 0.15) is 26.7 Å². The quantitative estimate of drug-likeness (QED) is 0.877. The first-order valence-corrected chi connectivity index (χ1v) is 7.15. The molecule has 100 valence electrons. The average molecular weight is 288 g/mol. The van der Waals surface area contributed by atoms with Crippen LogP contribution in [0, 0.1) is 5.92 Å². The summed E-state index contributed by atoms with van der Waals surface area (Å²) >= 11 is 12.1. The molecule has 1 aliphatic heterocycles. The third kappa shape index (κ3) is 3.53. The van der Waals surface area contributed by atoms with E-state index in [2.05, 4.69) is 19.2 Å². The van der Waals surface area contributed by atoms with Crippen LogP contribution in [0.2, 0.25) is 10.0 Å². The Hall–Kier alpha value is -0.440. The lowest BCUT2D eigenvalue weighted by Crippen LogP contribution is -2.36. The summed E-state index contributed by atoms with van der Waals surface area (Å²) in [7, 11) is 0. The minimum Gasteiger partial charge on any atom is -0.381 e. The fourth-order valence-electron chi connectivity index (χ4n) is 2.25. The van der Waals surface area contributed by atoms with Crippen molar-refractivity contribution in [3.63, 3.8) is 0 Å². The van der Waals surface area contributed by atoms with Gasteiger partial charge in [-0.15, -0.1) is 0 Å². The summed E-state index contributed by atoms with van der Waals surface area (Å²) in [5, 5.41) is 4.83. The zero-order chi connectivity index (χ0) is 13.1. The molecule has 1 N–H and O–H groups in total. The first-order valence-electron chi connectivity index (χ1n) is 6.39. The highest BCUT2D eigenvalue weighted by molar-refractivity contribution is 6.36. The molecule has 0 spiro atoms. The summed E-state index contributed by atoms with van der Waals surface area (Å²) in [6, 6.07) is 5.98. The van der Waals surface area contributed by atoms with E-state index < -0.39 is 0 Å². The molecule has 2 atom stereocenters. The van der Waals surface area contributed by atoms with Gasteiger partial charge in [0.25, 0.3) is 0 Å². The molecule has 0 aliphatic carbocycles. The normalized spacial score (nSPS) is 24.3. The molecule has 4 heteroatoms. The van der Waals surface area contributed by atoms with Crippen LogP contribution in [-0.2, 0) is 4.74 Å². The second-order valence-electron chi connectivity index (χ2n) is 5.14. The van der Waals surface area contributed by atoms with Crippen molar-refractivity contribution in [3.05, 3.63) is 28.2 Å². The van der Waals surface area contributed by atoms with Gasteiger partial charge in [-0.05, 0) is 37.0 Å². The summed E-state index contributed by atoms with van der Waals surface area (Å²) < 4.78 is 5.76. The van der Waals surface area contributed by atoms with E-state index in [0.717, 1.165) is 25.1 Å². The van der Waals surface area contributed by atoms with Crippen LogP contribution in [0.15, 0.2) is 18.2 Å². The smallest absolute Gasteiger partial charge is 0.0652 e. The summed E-state index contributed by atoms with van der Waals surface area (Å²) in [6.07, 6.45) is 2.38. The van der Waals surface area contributed by atoms with Crippen LogP contribution in [0.25, 0.3) is 0 Å². The van der Waals surface area contributed by atoms with Gasteiger partial charge < -0.3 is 10.1 Å². The second kappa shape index (κ2) is 6.14. The lowest BCUT2D eigenvalue weighted by Gasteiger charge is -2.33. The monoisotopic (exact) mass is 287 g/mol. The molecule has 1 aromatic rings. The number of ether oxygens (including phenoxy) is 1. The van der Waals surface area contributed by atoms with E-state index in [1.165, 1.54) is 0 Å². The van der Waals surface area contributed by atoms with Gasteiger partial charge in [0.05, 0.1) is 16.8 Å². The van der Waals surface area contributed by atoms with Gasteiger partial charge >= 0.3 is 0 Å². The number of benzene rings is 1. The second-order valence-corrected chi connectivity index (χ2v) is 5.99. The highest BCUT2D eigenvalue weighted by Crippen LogP contribution is 2.29. The third-order valence-corrected chi connectivity index (χ3v) is 3.90. The van der Waals surface area contributed by atoms with E-state index in [1.807, 2.05) is 12.1 Å². The van der Waals surface area contributed by atoms with Crippen molar-refractivity contribution in [1.29, 1.82) is 0 Å². The zero-order valence-corrected chi connectivity index (χ0v) is 12.3. The maximum atomic E-state index is 6.17. The number of halogens is 2.